The molecule has 0 spiro atoms. The lowest BCUT2D eigenvalue weighted by molar-refractivity contribution is -0.116. The van der Waals surface area contributed by atoms with Crippen molar-refractivity contribution in [1.82, 2.24) is 0 Å². The number of hydrogen-bond acceptors (Lipinski definition) is 4. The molecule has 0 aliphatic heterocycles. The molecule has 3 rings (SSSR count). The second-order valence-electron chi connectivity index (χ2n) is 5.61. The molecule has 128 valence electrons. The number of rotatable bonds is 5. The Labute approximate surface area is 144 Å². The van der Waals surface area contributed by atoms with E-state index < -0.39 is 0 Å². The third-order valence-electron chi connectivity index (χ3n) is 3.70. The second kappa shape index (κ2) is 7.09. The van der Waals surface area contributed by atoms with Gasteiger partial charge in [-0.05, 0) is 42.5 Å². The van der Waals surface area contributed by atoms with Crippen molar-refractivity contribution in [3.05, 3.63) is 54.3 Å². The first-order valence-electron chi connectivity index (χ1n) is 7.77. The molecule has 6 nitrogen and oxygen atoms in total. The van der Waals surface area contributed by atoms with Gasteiger partial charge in [-0.2, -0.15) is 0 Å². The van der Waals surface area contributed by atoms with Gasteiger partial charge < -0.3 is 19.8 Å². The number of benzene rings is 2. The molecule has 2 aromatic carbocycles. The fourth-order valence-corrected chi connectivity index (χ4v) is 2.54. The fourth-order valence-electron chi connectivity index (χ4n) is 2.54. The summed E-state index contributed by atoms with van der Waals surface area (Å²) >= 11 is 0. The molecule has 2 N–H and O–H groups in total. The first-order valence-corrected chi connectivity index (χ1v) is 7.77. The highest BCUT2D eigenvalue weighted by Crippen LogP contribution is 2.26. The molecule has 0 saturated heterocycles. The largest absolute Gasteiger partial charge is 0.497 e. The van der Waals surface area contributed by atoms with E-state index in [0.29, 0.717) is 22.7 Å². The van der Waals surface area contributed by atoms with E-state index in [0.717, 1.165) is 10.9 Å². The Morgan fingerprint density at radius 2 is 1.72 bits per heavy atom. The van der Waals surface area contributed by atoms with Gasteiger partial charge in [0.05, 0.1) is 19.8 Å². The van der Waals surface area contributed by atoms with Crippen LogP contribution in [0.25, 0.3) is 11.0 Å². The van der Waals surface area contributed by atoms with Gasteiger partial charge >= 0.3 is 0 Å². The smallest absolute Gasteiger partial charge is 0.228 e. The predicted octanol–water partition coefficient (Wildman–Crippen LogP) is 3.58. The van der Waals surface area contributed by atoms with Gasteiger partial charge in [0.15, 0.2) is 0 Å². The molecule has 1 heterocycles. The van der Waals surface area contributed by atoms with E-state index in [4.69, 9.17) is 9.15 Å². The van der Waals surface area contributed by atoms with Crippen molar-refractivity contribution < 1.29 is 18.7 Å². The maximum Gasteiger partial charge on any atom is 0.228 e. The fraction of sp³-hybridized carbons (Fsp3) is 0.158. The summed E-state index contributed by atoms with van der Waals surface area (Å²) in [5.41, 5.74) is 2.84. The lowest BCUT2D eigenvalue weighted by Crippen LogP contribution is -2.14. The Hall–Kier alpha value is -3.28. The maximum absolute atomic E-state index is 12.3. The molecule has 1 aromatic heterocycles. The summed E-state index contributed by atoms with van der Waals surface area (Å²) in [6.45, 7) is 1.44. The topological polar surface area (TPSA) is 80.6 Å². The van der Waals surface area contributed by atoms with Crippen LogP contribution >= 0.6 is 0 Å². The van der Waals surface area contributed by atoms with Crippen molar-refractivity contribution in [2.45, 2.75) is 13.3 Å². The zero-order valence-corrected chi connectivity index (χ0v) is 14.0. The summed E-state index contributed by atoms with van der Waals surface area (Å²) in [5.74, 6) is 0.418. The summed E-state index contributed by atoms with van der Waals surface area (Å²) in [4.78, 5) is 23.3. The molecule has 6 heteroatoms. The van der Waals surface area contributed by atoms with Crippen molar-refractivity contribution >= 4 is 34.2 Å². The van der Waals surface area contributed by atoms with Crippen LogP contribution < -0.4 is 15.4 Å². The van der Waals surface area contributed by atoms with E-state index >= 15 is 0 Å². The zero-order chi connectivity index (χ0) is 17.8. The van der Waals surface area contributed by atoms with E-state index in [1.54, 1.807) is 37.6 Å². The average Bonchev–Trinajstić information content (AvgIpc) is 2.98. The van der Waals surface area contributed by atoms with Gasteiger partial charge in [0.1, 0.15) is 11.3 Å². The highest BCUT2D eigenvalue weighted by atomic mass is 16.5. The lowest BCUT2D eigenvalue weighted by Gasteiger charge is -2.07. The van der Waals surface area contributed by atoms with Crippen LogP contribution in [0.3, 0.4) is 0 Å². The summed E-state index contributed by atoms with van der Waals surface area (Å²) in [5, 5.41) is 6.36. The number of hydrogen-bond donors (Lipinski definition) is 2. The maximum atomic E-state index is 12.3. The standard InChI is InChI=1S/C19H18N2O4/c1-12(22)20-14-3-5-15(6-4-14)21-19(23)9-13-11-25-18-8-7-16(24-2)10-17(13)18/h3-8,10-11H,9H2,1-2H3,(H,20,22)(H,21,23). The molecule has 2 amide bonds. The number of ether oxygens (including phenoxy) is 1. The molecule has 0 radical (unpaired) electrons. The number of anilines is 2. The van der Waals surface area contributed by atoms with Crippen LogP contribution in [-0.4, -0.2) is 18.9 Å². The Bertz CT molecular complexity index is 913. The number of furan rings is 1. The molecule has 0 aliphatic rings. The Morgan fingerprint density at radius 1 is 1.04 bits per heavy atom. The summed E-state index contributed by atoms with van der Waals surface area (Å²) in [7, 11) is 1.60. The van der Waals surface area contributed by atoms with Crippen molar-refractivity contribution in [3.63, 3.8) is 0 Å². The number of amides is 2. The van der Waals surface area contributed by atoms with Crippen LogP contribution in [0.5, 0.6) is 5.75 Å². The number of fused-ring (bicyclic) bond motifs is 1. The van der Waals surface area contributed by atoms with Crippen molar-refractivity contribution in [2.24, 2.45) is 0 Å². The molecular formula is C19H18N2O4. The van der Waals surface area contributed by atoms with E-state index in [9.17, 15) is 9.59 Å². The van der Waals surface area contributed by atoms with Gasteiger partial charge in [-0.15, -0.1) is 0 Å². The van der Waals surface area contributed by atoms with Crippen molar-refractivity contribution in [2.75, 3.05) is 17.7 Å². The molecule has 0 bridgehead atoms. The van der Waals surface area contributed by atoms with Crippen LogP contribution in [-0.2, 0) is 16.0 Å². The highest BCUT2D eigenvalue weighted by Gasteiger charge is 2.11. The van der Waals surface area contributed by atoms with Gasteiger partial charge in [-0.3, -0.25) is 9.59 Å². The molecule has 0 fully saturated rings. The van der Waals surface area contributed by atoms with Crippen molar-refractivity contribution in [3.8, 4) is 5.75 Å². The van der Waals surface area contributed by atoms with Crippen LogP contribution in [0.2, 0.25) is 0 Å². The summed E-state index contributed by atoms with van der Waals surface area (Å²) < 4.78 is 10.7. The van der Waals surface area contributed by atoms with E-state index in [2.05, 4.69) is 10.6 Å². The van der Waals surface area contributed by atoms with Gasteiger partial charge in [0.25, 0.3) is 0 Å². The SMILES string of the molecule is COc1ccc2occ(CC(=O)Nc3ccc(NC(C)=O)cc3)c2c1. The predicted molar refractivity (Wildman–Crippen MR) is 95.8 cm³/mol. The third-order valence-corrected chi connectivity index (χ3v) is 3.70. The molecule has 0 atom stereocenters. The van der Waals surface area contributed by atoms with Gasteiger partial charge in [-0.1, -0.05) is 0 Å². The average molecular weight is 338 g/mol. The number of carbonyl (C=O) groups excluding carboxylic acids is 2. The quantitative estimate of drug-likeness (QED) is 0.745. The van der Waals surface area contributed by atoms with Crippen LogP contribution in [0.4, 0.5) is 11.4 Å². The monoisotopic (exact) mass is 338 g/mol. The normalized spacial score (nSPS) is 10.5. The minimum Gasteiger partial charge on any atom is -0.497 e. The second-order valence-corrected chi connectivity index (χ2v) is 5.61. The van der Waals surface area contributed by atoms with Gasteiger partial charge in [0.2, 0.25) is 11.8 Å². The van der Waals surface area contributed by atoms with Gasteiger partial charge in [-0.25, -0.2) is 0 Å². The summed E-state index contributed by atoms with van der Waals surface area (Å²) in [6.07, 6.45) is 1.77. The highest BCUT2D eigenvalue weighted by molar-refractivity contribution is 5.96. The number of nitrogens with one attached hydrogen (secondary N) is 2. The Kier molecular flexibility index (Phi) is 4.70. The van der Waals surface area contributed by atoms with E-state index in [1.807, 2.05) is 18.2 Å². The molecule has 0 aliphatic carbocycles. The first-order chi connectivity index (χ1) is 12.0. The van der Waals surface area contributed by atoms with E-state index in [1.165, 1.54) is 6.92 Å². The minimum atomic E-state index is -0.155. The van der Waals surface area contributed by atoms with E-state index in [-0.39, 0.29) is 18.2 Å². The molecule has 0 saturated carbocycles. The Balaban J connectivity index is 1.69. The van der Waals surface area contributed by atoms with Crippen LogP contribution in [0, 0.1) is 0 Å². The molecule has 25 heavy (non-hydrogen) atoms. The third kappa shape index (κ3) is 3.98. The lowest BCUT2D eigenvalue weighted by atomic mass is 10.1. The minimum absolute atomic E-state index is 0.140. The van der Waals surface area contributed by atoms with Gasteiger partial charge in [0, 0.05) is 29.2 Å². The number of methoxy groups -OCH3 is 1. The molecule has 3 aromatic rings. The summed E-state index contributed by atoms with van der Waals surface area (Å²) in [6, 6.07) is 12.4. The van der Waals surface area contributed by atoms with Crippen LogP contribution in [0.15, 0.2) is 53.1 Å². The molecule has 0 unspecified atom stereocenters. The number of carbonyl (C=O) groups is 2. The zero-order valence-electron chi connectivity index (χ0n) is 14.0. The van der Waals surface area contributed by atoms with Crippen LogP contribution in [0.1, 0.15) is 12.5 Å². The molecular weight excluding hydrogens is 320 g/mol. The Morgan fingerprint density at radius 3 is 2.36 bits per heavy atom. The van der Waals surface area contributed by atoms with Crippen molar-refractivity contribution in [1.29, 1.82) is 0 Å². The first kappa shape index (κ1) is 16.6.